The van der Waals surface area contributed by atoms with Gasteiger partial charge >= 0.3 is 0 Å². The van der Waals surface area contributed by atoms with Crippen molar-refractivity contribution in [3.05, 3.63) is 0 Å². The molecule has 4 nitrogen and oxygen atoms in total. The summed E-state index contributed by atoms with van der Waals surface area (Å²) in [5.41, 5.74) is 5.62. The van der Waals surface area contributed by atoms with E-state index in [-0.39, 0.29) is 6.10 Å². The second-order valence-corrected chi connectivity index (χ2v) is 4.62. The van der Waals surface area contributed by atoms with Crippen LogP contribution in [-0.2, 0) is 4.74 Å². The third-order valence-corrected chi connectivity index (χ3v) is 2.99. The molecule has 0 bridgehead atoms. The topological polar surface area (TPSA) is 41.7 Å². The number of hydrogen-bond acceptors (Lipinski definition) is 4. The van der Waals surface area contributed by atoms with Crippen molar-refractivity contribution >= 4 is 0 Å². The molecular weight excluding hydrogens is 202 g/mol. The number of likely N-dealkylation sites (N-methyl/N-ethyl adjacent to an activating group) is 2. The first-order valence-corrected chi connectivity index (χ1v) is 6.16. The maximum Gasteiger partial charge on any atom is 0.0705 e. The Morgan fingerprint density at radius 3 is 2.31 bits per heavy atom. The highest BCUT2D eigenvalue weighted by Crippen LogP contribution is 2.04. The maximum absolute atomic E-state index is 5.62. The molecule has 16 heavy (non-hydrogen) atoms. The third-order valence-electron chi connectivity index (χ3n) is 2.99. The van der Waals surface area contributed by atoms with E-state index in [1.165, 1.54) is 0 Å². The molecule has 2 atom stereocenters. The highest BCUT2D eigenvalue weighted by Gasteiger charge is 2.14. The van der Waals surface area contributed by atoms with Gasteiger partial charge in [0.15, 0.2) is 0 Å². The van der Waals surface area contributed by atoms with Crippen LogP contribution in [0.3, 0.4) is 0 Å². The third kappa shape index (κ3) is 6.43. The van der Waals surface area contributed by atoms with Gasteiger partial charge in [0.25, 0.3) is 0 Å². The summed E-state index contributed by atoms with van der Waals surface area (Å²) in [7, 11) is 5.96. The molecule has 0 aliphatic rings. The first-order valence-electron chi connectivity index (χ1n) is 6.16. The van der Waals surface area contributed by atoms with Crippen LogP contribution in [0.4, 0.5) is 0 Å². The summed E-state index contributed by atoms with van der Waals surface area (Å²) >= 11 is 0. The molecule has 0 amide bonds. The molecule has 0 aromatic carbocycles. The van der Waals surface area contributed by atoms with E-state index in [0.717, 1.165) is 26.1 Å². The van der Waals surface area contributed by atoms with E-state index in [1.54, 1.807) is 7.11 Å². The number of rotatable bonds is 9. The Morgan fingerprint density at radius 1 is 1.31 bits per heavy atom. The molecule has 0 heterocycles. The van der Waals surface area contributed by atoms with Gasteiger partial charge in [0.2, 0.25) is 0 Å². The van der Waals surface area contributed by atoms with Crippen molar-refractivity contribution in [3.8, 4) is 0 Å². The fourth-order valence-electron chi connectivity index (χ4n) is 1.98. The molecule has 0 fully saturated rings. The average molecular weight is 231 g/mol. The van der Waals surface area contributed by atoms with Gasteiger partial charge in [-0.05, 0) is 34.0 Å². The summed E-state index contributed by atoms with van der Waals surface area (Å²) in [5.74, 6) is 0. The monoisotopic (exact) mass is 231 g/mol. The van der Waals surface area contributed by atoms with E-state index in [9.17, 15) is 0 Å². The fraction of sp³-hybridized carbons (Fsp3) is 1.00. The molecule has 0 saturated carbocycles. The SMILES string of the molecule is CCN(CCC(CN)OC)C(C)CN(C)C. The van der Waals surface area contributed by atoms with Crippen LogP contribution in [0.5, 0.6) is 0 Å². The summed E-state index contributed by atoms with van der Waals surface area (Å²) in [5, 5.41) is 0. The van der Waals surface area contributed by atoms with Crippen molar-refractivity contribution in [3.63, 3.8) is 0 Å². The molecule has 2 unspecified atom stereocenters. The van der Waals surface area contributed by atoms with Crippen LogP contribution < -0.4 is 5.73 Å². The lowest BCUT2D eigenvalue weighted by atomic mass is 10.2. The van der Waals surface area contributed by atoms with Gasteiger partial charge < -0.3 is 15.4 Å². The minimum Gasteiger partial charge on any atom is -0.380 e. The van der Waals surface area contributed by atoms with Crippen molar-refractivity contribution in [2.45, 2.75) is 32.4 Å². The Kier molecular flexibility index (Phi) is 8.84. The minimum atomic E-state index is 0.195. The van der Waals surface area contributed by atoms with E-state index < -0.39 is 0 Å². The van der Waals surface area contributed by atoms with Crippen LogP contribution in [0.2, 0.25) is 0 Å². The van der Waals surface area contributed by atoms with Crippen LogP contribution in [0, 0.1) is 0 Å². The molecule has 0 aromatic rings. The lowest BCUT2D eigenvalue weighted by molar-refractivity contribution is 0.0811. The van der Waals surface area contributed by atoms with Gasteiger partial charge in [-0.25, -0.2) is 0 Å². The molecular formula is C12H29N3O. The average Bonchev–Trinajstić information content (AvgIpc) is 2.23. The first kappa shape index (κ1) is 15.8. The standard InChI is InChI=1S/C12H29N3O/c1-6-15(11(2)10-14(3)4)8-7-12(9-13)16-5/h11-12H,6-10,13H2,1-5H3. The summed E-state index contributed by atoms with van der Waals surface area (Å²) in [6, 6.07) is 0.579. The molecule has 0 rings (SSSR count). The normalized spacial score (nSPS) is 15.8. The largest absolute Gasteiger partial charge is 0.380 e. The summed E-state index contributed by atoms with van der Waals surface area (Å²) < 4.78 is 5.29. The Labute approximate surface area is 101 Å². The predicted octanol–water partition coefficient (Wildman–Crippen LogP) is 0.622. The zero-order valence-corrected chi connectivity index (χ0v) is 11.6. The summed E-state index contributed by atoms with van der Waals surface area (Å²) in [6.07, 6.45) is 1.21. The highest BCUT2D eigenvalue weighted by molar-refractivity contribution is 4.70. The van der Waals surface area contributed by atoms with Crippen molar-refractivity contribution in [2.24, 2.45) is 5.73 Å². The van der Waals surface area contributed by atoms with Crippen LogP contribution in [0.15, 0.2) is 0 Å². The zero-order valence-electron chi connectivity index (χ0n) is 11.6. The van der Waals surface area contributed by atoms with Crippen molar-refractivity contribution < 1.29 is 4.74 Å². The molecule has 0 spiro atoms. The Hall–Kier alpha value is -0.160. The van der Waals surface area contributed by atoms with E-state index in [2.05, 4.69) is 37.7 Å². The molecule has 4 heteroatoms. The Balaban J connectivity index is 3.98. The second-order valence-electron chi connectivity index (χ2n) is 4.62. The van der Waals surface area contributed by atoms with E-state index in [4.69, 9.17) is 10.5 Å². The Morgan fingerprint density at radius 2 is 1.94 bits per heavy atom. The van der Waals surface area contributed by atoms with Crippen LogP contribution in [-0.4, -0.2) is 69.3 Å². The second kappa shape index (κ2) is 8.93. The molecule has 0 radical (unpaired) electrons. The van der Waals surface area contributed by atoms with Gasteiger partial charge in [-0.15, -0.1) is 0 Å². The predicted molar refractivity (Wildman–Crippen MR) is 69.7 cm³/mol. The maximum atomic E-state index is 5.62. The van der Waals surface area contributed by atoms with Gasteiger partial charge in [-0.3, -0.25) is 4.90 Å². The molecule has 0 aromatic heterocycles. The van der Waals surface area contributed by atoms with E-state index in [0.29, 0.717) is 12.6 Å². The van der Waals surface area contributed by atoms with Crippen LogP contribution in [0.25, 0.3) is 0 Å². The zero-order chi connectivity index (χ0) is 12.6. The van der Waals surface area contributed by atoms with Crippen molar-refractivity contribution in [1.29, 1.82) is 0 Å². The fourth-order valence-corrected chi connectivity index (χ4v) is 1.98. The van der Waals surface area contributed by atoms with Gasteiger partial charge in [0.1, 0.15) is 0 Å². The van der Waals surface area contributed by atoms with Gasteiger partial charge in [-0.1, -0.05) is 6.92 Å². The van der Waals surface area contributed by atoms with Crippen molar-refractivity contribution in [2.75, 3.05) is 47.4 Å². The van der Waals surface area contributed by atoms with Crippen molar-refractivity contribution in [1.82, 2.24) is 9.80 Å². The molecule has 2 N–H and O–H groups in total. The number of methoxy groups -OCH3 is 1. The number of ether oxygens (including phenoxy) is 1. The molecule has 0 aliphatic carbocycles. The Bertz CT molecular complexity index is 160. The lowest BCUT2D eigenvalue weighted by Crippen LogP contribution is -2.41. The quantitative estimate of drug-likeness (QED) is 0.632. The van der Waals surface area contributed by atoms with Gasteiger partial charge in [-0.2, -0.15) is 0 Å². The first-order chi connectivity index (χ1) is 7.54. The number of hydrogen-bond donors (Lipinski definition) is 1. The van der Waals surface area contributed by atoms with E-state index >= 15 is 0 Å². The van der Waals surface area contributed by atoms with E-state index in [1.807, 2.05) is 0 Å². The molecule has 0 saturated heterocycles. The van der Waals surface area contributed by atoms with Crippen LogP contribution >= 0.6 is 0 Å². The number of nitrogens with two attached hydrogens (primary N) is 1. The molecule has 0 aliphatic heterocycles. The summed E-state index contributed by atoms with van der Waals surface area (Å²) in [4.78, 5) is 4.70. The number of nitrogens with zero attached hydrogens (tertiary/aromatic N) is 2. The van der Waals surface area contributed by atoms with Gasteiger partial charge in [0.05, 0.1) is 6.10 Å². The minimum absolute atomic E-state index is 0.195. The molecule has 98 valence electrons. The summed E-state index contributed by atoms with van der Waals surface area (Å²) in [6.45, 7) is 8.31. The highest BCUT2D eigenvalue weighted by atomic mass is 16.5. The van der Waals surface area contributed by atoms with Gasteiger partial charge in [0, 0.05) is 32.8 Å². The lowest BCUT2D eigenvalue weighted by Gasteiger charge is -2.30. The van der Waals surface area contributed by atoms with Crippen LogP contribution in [0.1, 0.15) is 20.3 Å². The smallest absolute Gasteiger partial charge is 0.0705 e.